The molecule has 0 amide bonds. The maximum absolute atomic E-state index is 4.22. The second-order valence-corrected chi connectivity index (χ2v) is 22.8. The zero-order valence-electron chi connectivity index (χ0n) is 22.6. The molecule has 0 saturated heterocycles. The van der Waals surface area contributed by atoms with Crippen molar-refractivity contribution in [3.8, 4) is 0 Å². The molecule has 3 heteroatoms. The van der Waals surface area contributed by atoms with Crippen molar-refractivity contribution in [2.24, 2.45) is 0 Å². The van der Waals surface area contributed by atoms with E-state index in [9.17, 15) is 0 Å². The van der Waals surface area contributed by atoms with E-state index in [2.05, 4.69) is 132 Å². The number of benzene rings is 1. The van der Waals surface area contributed by atoms with Gasteiger partial charge in [-0.1, -0.05) is 82.4 Å². The third kappa shape index (κ3) is 6.84. The van der Waals surface area contributed by atoms with Gasteiger partial charge in [0.15, 0.2) is 0 Å². The third-order valence-corrected chi connectivity index (χ3v) is 22.2. The first kappa shape index (κ1) is 31.6. The lowest BCUT2D eigenvalue weighted by molar-refractivity contribution is 1.35. The molecule has 0 bridgehead atoms. The van der Waals surface area contributed by atoms with Gasteiger partial charge in [-0.05, 0) is 60.5 Å². The first-order valence-electron chi connectivity index (χ1n) is 12.9. The van der Waals surface area contributed by atoms with Gasteiger partial charge >= 0.3 is 0 Å². The van der Waals surface area contributed by atoms with E-state index in [4.69, 9.17) is 0 Å². The molecule has 1 aromatic rings. The monoisotopic (exact) mass is 527 g/mol. The summed E-state index contributed by atoms with van der Waals surface area (Å²) in [4.78, 5) is 0. The molecule has 0 atom stereocenters. The maximum atomic E-state index is 4.22. The van der Waals surface area contributed by atoms with Gasteiger partial charge in [0.25, 0.3) is 0 Å². The highest BCUT2D eigenvalue weighted by atomic mass is 28.3. The summed E-state index contributed by atoms with van der Waals surface area (Å²) in [6.07, 6.45) is 19.0. The number of rotatable bonds is 21. The van der Waals surface area contributed by atoms with Crippen molar-refractivity contribution in [1.82, 2.24) is 0 Å². The molecule has 0 saturated carbocycles. The molecule has 0 N–H and O–H groups in total. The summed E-state index contributed by atoms with van der Waals surface area (Å²) in [5, 5.41) is 4.53. The molecule has 0 aliphatic rings. The summed E-state index contributed by atoms with van der Waals surface area (Å²) in [5.74, 6) is 0. The Kier molecular flexibility index (Phi) is 13.7. The second kappa shape index (κ2) is 15.6. The van der Waals surface area contributed by atoms with Gasteiger partial charge in [0.1, 0.15) is 0 Å². The zero-order valence-corrected chi connectivity index (χ0v) is 25.6. The Hall–Kier alpha value is -2.47. The van der Waals surface area contributed by atoms with Crippen molar-refractivity contribution in [2.75, 3.05) is 0 Å². The van der Waals surface area contributed by atoms with Gasteiger partial charge in [0.05, 0.1) is 24.2 Å². The van der Waals surface area contributed by atoms with Crippen LogP contribution in [0.5, 0.6) is 0 Å². The van der Waals surface area contributed by atoms with Crippen LogP contribution in [0.1, 0.15) is 0 Å². The van der Waals surface area contributed by atoms with E-state index >= 15 is 0 Å². The first-order valence-corrected chi connectivity index (χ1v) is 20.8. The fourth-order valence-electron chi connectivity index (χ4n) is 6.09. The Morgan fingerprint density at radius 2 is 0.778 bits per heavy atom. The minimum Gasteiger partial charge on any atom is -0.103 e. The van der Waals surface area contributed by atoms with Crippen molar-refractivity contribution in [1.29, 1.82) is 0 Å². The maximum Gasteiger partial charge on any atom is 0.0984 e. The van der Waals surface area contributed by atoms with Crippen molar-refractivity contribution in [2.45, 2.75) is 54.4 Å². The molecule has 0 fully saturated rings. The standard InChI is InChI=1S/C33H47Si3/c1-10-22-34(23-11-2,24-12-3)31-20-19-21-32(35(25-13-4,26-14-5)27-15-6)33(31)36(28-16-7,29-17-8)30-18-9/h10-20H,1-9,22-30H2. The summed E-state index contributed by atoms with van der Waals surface area (Å²) in [6.45, 7) is 37.8. The highest BCUT2D eigenvalue weighted by Gasteiger charge is 2.45. The SMILES string of the molecule is C=CC[Si](CC=C)(CC=C)c1[c]ccc([Si](CC=C)(CC=C)CC=C)c1[Si](CC=C)(CC=C)CC=C. The Labute approximate surface area is 225 Å². The third-order valence-electron chi connectivity index (χ3n) is 7.44. The van der Waals surface area contributed by atoms with Crippen LogP contribution in [0.3, 0.4) is 0 Å². The van der Waals surface area contributed by atoms with Crippen LogP contribution in [0.25, 0.3) is 0 Å². The average Bonchev–Trinajstić information content (AvgIpc) is 2.85. The average molecular weight is 528 g/mol. The number of hydrogen-bond donors (Lipinski definition) is 0. The predicted octanol–water partition coefficient (Wildman–Crippen LogP) is 8.13. The predicted molar refractivity (Wildman–Crippen MR) is 176 cm³/mol. The molecule has 1 rings (SSSR count). The van der Waals surface area contributed by atoms with E-state index in [1.54, 1.807) is 5.19 Å². The molecule has 0 aliphatic carbocycles. The molecule has 1 radical (unpaired) electrons. The van der Waals surface area contributed by atoms with Crippen molar-refractivity contribution >= 4 is 39.8 Å². The van der Waals surface area contributed by atoms with Crippen LogP contribution in [0.2, 0.25) is 54.4 Å². The molecule has 0 aliphatic heterocycles. The van der Waals surface area contributed by atoms with E-state index < -0.39 is 24.2 Å². The molecule has 0 spiro atoms. The van der Waals surface area contributed by atoms with Crippen LogP contribution in [-0.4, -0.2) is 24.2 Å². The Morgan fingerprint density at radius 1 is 0.472 bits per heavy atom. The van der Waals surface area contributed by atoms with Gasteiger partial charge in [-0.3, -0.25) is 0 Å². The van der Waals surface area contributed by atoms with Crippen molar-refractivity contribution in [3.05, 3.63) is 132 Å². The molecule has 1 aromatic carbocycles. The summed E-state index contributed by atoms with van der Waals surface area (Å²) in [5.41, 5.74) is 0. The van der Waals surface area contributed by atoms with Gasteiger partial charge in [-0.25, -0.2) is 0 Å². The molecule has 0 heterocycles. The summed E-state index contributed by atoms with van der Waals surface area (Å²) in [6, 6.07) is 17.2. The quantitative estimate of drug-likeness (QED) is 0.112. The lowest BCUT2D eigenvalue weighted by Crippen LogP contribution is -2.71. The van der Waals surface area contributed by atoms with Crippen molar-refractivity contribution in [3.63, 3.8) is 0 Å². The van der Waals surface area contributed by atoms with Crippen LogP contribution in [0.4, 0.5) is 0 Å². The lowest BCUT2D eigenvalue weighted by atomic mass is 10.3. The van der Waals surface area contributed by atoms with Gasteiger partial charge in [0, 0.05) is 0 Å². The van der Waals surface area contributed by atoms with Gasteiger partial charge in [0.2, 0.25) is 0 Å². The molecular weight excluding hydrogens is 481 g/mol. The summed E-state index contributed by atoms with van der Waals surface area (Å²) >= 11 is 0. The Balaban J connectivity index is 4.49. The van der Waals surface area contributed by atoms with E-state index in [-0.39, 0.29) is 0 Å². The minimum atomic E-state index is -2.18. The molecule has 0 nitrogen and oxygen atoms in total. The van der Waals surface area contributed by atoms with E-state index in [1.807, 2.05) is 0 Å². The molecule has 0 aromatic heterocycles. The van der Waals surface area contributed by atoms with Gasteiger partial charge in [-0.15, -0.1) is 59.2 Å². The first-order chi connectivity index (χ1) is 17.4. The summed E-state index contributed by atoms with van der Waals surface area (Å²) < 4.78 is 0. The highest BCUT2D eigenvalue weighted by Crippen LogP contribution is 2.30. The highest BCUT2D eigenvalue weighted by molar-refractivity contribution is 7.07. The van der Waals surface area contributed by atoms with Crippen LogP contribution >= 0.6 is 0 Å². The topological polar surface area (TPSA) is 0 Å². The molecular formula is C33H47Si3. The van der Waals surface area contributed by atoms with E-state index in [1.165, 1.54) is 10.4 Å². The smallest absolute Gasteiger partial charge is 0.0984 e. The second-order valence-electron chi connectivity index (χ2n) is 9.92. The number of allylic oxidation sites excluding steroid dienone is 9. The van der Waals surface area contributed by atoms with Crippen LogP contribution < -0.4 is 15.6 Å². The van der Waals surface area contributed by atoms with E-state index in [0.717, 1.165) is 54.4 Å². The van der Waals surface area contributed by atoms with Crippen LogP contribution in [0.15, 0.2) is 126 Å². The van der Waals surface area contributed by atoms with Gasteiger partial charge in [-0.2, -0.15) is 0 Å². The Morgan fingerprint density at radius 3 is 1.11 bits per heavy atom. The number of hydrogen-bond acceptors (Lipinski definition) is 0. The normalized spacial score (nSPS) is 11.7. The zero-order chi connectivity index (χ0) is 27.1. The molecule has 0 unspecified atom stereocenters. The van der Waals surface area contributed by atoms with Crippen LogP contribution in [0, 0.1) is 6.07 Å². The summed E-state index contributed by atoms with van der Waals surface area (Å²) in [7, 11) is -6.39. The van der Waals surface area contributed by atoms with Gasteiger partial charge < -0.3 is 0 Å². The van der Waals surface area contributed by atoms with E-state index in [0.29, 0.717) is 0 Å². The fourth-order valence-corrected chi connectivity index (χ4v) is 21.2. The Bertz CT molecular complexity index is 829. The minimum absolute atomic E-state index is 0.970. The van der Waals surface area contributed by atoms with Crippen molar-refractivity contribution < 1.29 is 0 Å². The molecule has 36 heavy (non-hydrogen) atoms. The molecule has 191 valence electrons. The van der Waals surface area contributed by atoms with Crippen LogP contribution in [-0.2, 0) is 0 Å². The fraction of sp³-hybridized carbons (Fsp3) is 0.273. The lowest BCUT2D eigenvalue weighted by Gasteiger charge is -2.43. The largest absolute Gasteiger partial charge is 0.103 e.